The lowest BCUT2D eigenvalue weighted by Crippen LogP contribution is -2.25. The number of para-hydroxylation sites is 1. The van der Waals surface area contributed by atoms with E-state index in [2.05, 4.69) is 32.4 Å². The molecule has 1 aliphatic heterocycles. The number of aromatic nitrogens is 2. The maximum atomic E-state index is 12.2. The van der Waals surface area contributed by atoms with E-state index in [4.69, 9.17) is 0 Å². The highest BCUT2D eigenvalue weighted by molar-refractivity contribution is 7.10. The Balaban J connectivity index is 1.64. The summed E-state index contributed by atoms with van der Waals surface area (Å²) in [6, 6.07) is 12.3. The Labute approximate surface area is 132 Å². The van der Waals surface area contributed by atoms with Crippen molar-refractivity contribution < 1.29 is 0 Å². The quantitative estimate of drug-likeness (QED) is 0.807. The fourth-order valence-corrected chi connectivity index (χ4v) is 4.12. The Morgan fingerprint density at radius 2 is 2.18 bits per heavy atom. The molecule has 3 aromatic rings. The van der Waals surface area contributed by atoms with Crippen LogP contribution >= 0.6 is 11.3 Å². The second-order valence-corrected chi connectivity index (χ2v) is 6.65. The van der Waals surface area contributed by atoms with Crippen LogP contribution in [0.3, 0.4) is 0 Å². The van der Waals surface area contributed by atoms with Gasteiger partial charge in [-0.3, -0.25) is 9.69 Å². The van der Waals surface area contributed by atoms with Crippen LogP contribution in [-0.4, -0.2) is 21.4 Å². The fourth-order valence-electron chi connectivity index (χ4n) is 3.22. The molecule has 112 valence electrons. The molecule has 22 heavy (non-hydrogen) atoms. The van der Waals surface area contributed by atoms with Crippen molar-refractivity contribution in [2.75, 3.05) is 6.54 Å². The Bertz CT molecular complexity index is 840. The van der Waals surface area contributed by atoms with Crippen molar-refractivity contribution in [1.29, 1.82) is 0 Å². The molecule has 0 saturated carbocycles. The van der Waals surface area contributed by atoms with E-state index in [0.717, 1.165) is 17.9 Å². The molecule has 5 heteroatoms. The molecule has 2 aromatic heterocycles. The van der Waals surface area contributed by atoms with Gasteiger partial charge in [0.05, 0.1) is 17.4 Å². The molecule has 4 rings (SSSR count). The molecular weight excluding hydrogens is 294 g/mol. The van der Waals surface area contributed by atoms with Crippen LogP contribution in [0.2, 0.25) is 0 Å². The molecule has 3 heterocycles. The van der Waals surface area contributed by atoms with Crippen molar-refractivity contribution in [2.45, 2.75) is 25.4 Å². The van der Waals surface area contributed by atoms with Crippen LogP contribution < -0.4 is 5.56 Å². The van der Waals surface area contributed by atoms with E-state index in [-0.39, 0.29) is 5.56 Å². The van der Waals surface area contributed by atoms with Gasteiger partial charge in [0.2, 0.25) is 0 Å². The van der Waals surface area contributed by atoms with Gasteiger partial charge in [-0.15, -0.1) is 11.3 Å². The molecule has 1 N–H and O–H groups in total. The summed E-state index contributed by atoms with van der Waals surface area (Å²) in [5.74, 6) is 0.757. The molecular formula is C17H17N3OS. The summed E-state index contributed by atoms with van der Waals surface area (Å²) in [5, 5.41) is 2.78. The first kappa shape index (κ1) is 13.7. The van der Waals surface area contributed by atoms with Gasteiger partial charge in [0.1, 0.15) is 5.82 Å². The summed E-state index contributed by atoms with van der Waals surface area (Å²) in [6.45, 7) is 1.75. The predicted octanol–water partition coefficient (Wildman–Crippen LogP) is 3.32. The van der Waals surface area contributed by atoms with Crippen molar-refractivity contribution in [3.63, 3.8) is 0 Å². The van der Waals surface area contributed by atoms with E-state index in [1.54, 1.807) is 11.3 Å². The zero-order chi connectivity index (χ0) is 14.9. The molecule has 4 nitrogen and oxygen atoms in total. The minimum Gasteiger partial charge on any atom is -0.309 e. The van der Waals surface area contributed by atoms with Crippen molar-refractivity contribution >= 4 is 22.2 Å². The molecule has 0 bridgehead atoms. The van der Waals surface area contributed by atoms with Gasteiger partial charge in [0, 0.05) is 10.9 Å². The van der Waals surface area contributed by atoms with Gasteiger partial charge in [-0.2, -0.15) is 0 Å². The second kappa shape index (κ2) is 5.66. The number of nitrogens with one attached hydrogen (secondary N) is 1. The van der Waals surface area contributed by atoms with Gasteiger partial charge in [0.25, 0.3) is 5.56 Å². The number of rotatable bonds is 3. The molecule has 0 amide bonds. The maximum Gasteiger partial charge on any atom is 0.258 e. The van der Waals surface area contributed by atoms with Crippen LogP contribution in [-0.2, 0) is 6.54 Å². The lowest BCUT2D eigenvalue weighted by molar-refractivity contribution is 0.245. The summed E-state index contributed by atoms with van der Waals surface area (Å²) in [7, 11) is 0. The average molecular weight is 311 g/mol. The van der Waals surface area contributed by atoms with E-state index in [1.165, 1.54) is 17.7 Å². The van der Waals surface area contributed by atoms with Gasteiger partial charge in [0.15, 0.2) is 0 Å². The highest BCUT2D eigenvalue weighted by atomic mass is 32.1. The number of likely N-dealkylation sites (tertiary alicyclic amines) is 1. The van der Waals surface area contributed by atoms with Crippen LogP contribution in [0.25, 0.3) is 10.9 Å². The van der Waals surface area contributed by atoms with Crippen LogP contribution in [0.5, 0.6) is 0 Å². The topological polar surface area (TPSA) is 49.0 Å². The third kappa shape index (κ3) is 2.46. The number of benzene rings is 1. The van der Waals surface area contributed by atoms with Gasteiger partial charge in [-0.25, -0.2) is 4.98 Å². The van der Waals surface area contributed by atoms with Crippen LogP contribution in [0, 0.1) is 0 Å². The largest absolute Gasteiger partial charge is 0.309 e. The number of aromatic amines is 1. The Kier molecular flexibility index (Phi) is 3.52. The number of hydrogen-bond donors (Lipinski definition) is 1. The monoisotopic (exact) mass is 311 g/mol. The minimum atomic E-state index is -0.0486. The SMILES string of the molecule is O=c1[nH]c(CN2CCC[C@H]2c2cccs2)nc2ccccc12. The predicted molar refractivity (Wildman–Crippen MR) is 89.1 cm³/mol. The molecule has 1 atom stereocenters. The Morgan fingerprint density at radius 1 is 1.27 bits per heavy atom. The van der Waals surface area contributed by atoms with E-state index in [0.29, 0.717) is 18.0 Å². The van der Waals surface area contributed by atoms with Crippen molar-refractivity contribution in [2.24, 2.45) is 0 Å². The molecule has 0 unspecified atom stereocenters. The number of fused-ring (bicyclic) bond motifs is 1. The third-order valence-corrected chi connectivity index (χ3v) is 5.22. The lowest BCUT2D eigenvalue weighted by Gasteiger charge is -2.22. The van der Waals surface area contributed by atoms with Gasteiger partial charge < -0.3 is 4.98 Å². The number of nitrogens with zero attached hydrogens (tertiary/aromatic N) is 2. The van der Waals surface area contributed by atoms with E-state index in [9.17, 15) is 4.79 Å². The molecule has 1 saturated heterocycles. The Hall–Kier alpha value is -1.98. The molecule has 1 aromatic carbocycles. The second-order valence-electron chi connectivity index (χ2n) is 5.67. The summed E-state index contributed by atoms with van der Waals surface area (Å²) < 4.78 is 0. The van der Waals surface area contributed by atoms with Crippen molar-refractivity contribution in [3.8, 4) is 0 Å². The van der Waals surface area contributed by atoms with Crippen molar-refractivity contribution in [1.82, 2.24) is 14.9 Å². The summed E-state index contributed by atoms with van der Waals surface area (Å²) in [4.78, 5) is 23.5. The number of thiophene rings is 1. The first-order valence-corrected chi connectivity index (χ1v) is 8.44. The summed E-state index contributed by atoms with van der Waals surface area (Å²) in [5.41, 5.74) is 0.723. The smallest absolute Gasteiger partial charge is 0.258 e. The fraction of sp³-hybridized carbons (Fsp3) is 0.294. The summed E-state index contributed by atoms with van der Waals surface area (Å²) in [6.07, 6.45) is 2.37. The Morgan fingerprint density at radius 3 is 3.05 bits per heavy atom. The normalized spacial score (nSPS) is 19.0. The first-order chi connectivity index (χ1) is 10.8. The van der Waals surface area contributed by atoms with Gasteiger partial charge >= 0.3 is 0 Å². The van der Waals surface area contributed by atoms with E-state index in [1.807, 2.05) is 24.3 Å². The molecule has 1 fully saturated rings. The third-order valence-electron chi connectivity index (χ3n) is 4.25. The molecule has 0 radical (unpaired) electrons. The van der Waals surface area contributed by atoms with E-state index < -0.39 is 0 Å². The summed E-state index contributed by atoms with van der Waals surface area (Å²) >= 11 is 1.81. The van der Waals surface area contributed by atoms with Gasteiger partial charge in [-0.05, 0) is 43.0 Å². The molecule has 1 aliphatic rings. The van der Waals surface area contributed by atoms with Crippen molar-refractivity contribution in [3.05, 3.63) is 62.8 Å². The van der Waals surface area contributed by atoms with Crippen LogP contribution in [0.4, 0.5) is 0 Å². The minimum absolute atomic E-state index is 0.0486. The zero-order valence-electron chi connectivity index (χ0n) is 12.2. The first-order valence-electron chi connectivity index (χ1n) is 7.56. The van der Waals surface area contributed by atoms with Crippen LogP contribution in [0.1, 0.15) is 29.6 Å². The maximum absolute atomic E-state index is 12.2. The zero-order valence-corrected chi connectivity index (χ0v) is 13.0. The molecule has 0 aliphatic carbocycles. The highest BCUT2D eigenvalue weighted by Crippen LogP contribution is 2.35. The van der Waals surface area contributed by atoms with Crippen LogP contribution in [0.15, 0.2) is 46.6 Å². The highest BCUT2D eigenvalue weighted by Gasteiger charge is 2.27. The van der Waals surface area contributed by atoms with Gasteiger partial charge in [-0.1, -0.05) is 18.2 Å². The van der Waals surface area contributed by atoms with E-state index >= 15 is 0 Å². The standard InChI is InChI=1S/C17H17N3OS/c21-17-12-5-1-2-6-13(12)18-16(19-17)11-20-9-3-7-14(20)15-8-4-10-22-15/h1-2,4-6,8,10,14H,3,7,9,11H2,(H,18,19,21)/t14-/m0/s1. The number of H-pyrrole nitrogens is 1. The molecule has 0 spiro atoms. The number of hydrogen-bond acceptors (Lipinski definition) is 4. The lowest BCUT2D eigenvalue weighted by atomic mass is 10.2. The average Bonchev–Trinajstić information content (AvgIpc) is 3.18.